The minimum atomic E-state index is 0.0278. The Morgan fingerprint density at radius 3 is 0.761 bits per heavy atom. The molecule has 0 aliphatic heterocycles. The summed E-state index contributed by atoms with van der Waals surface area (Å²) in [5.41, 5.74) is 33.5. The first-order valence-electron chi connectivity index (χ1n) is 43.7. The zero-order valence-electron chi connectivity index (χ0n) is 70.2. The average Bonchev–Trinajstić information content (AvgIpc) is 1.57. The number of anilines is 11. The molecule has 0 spiro atoms. The second kappa shape index (κ2) is 41.6. The largest absolute Gasteiger partial charge is 0.345 e. The minimum Gasteiger partial charge on any atom is -0.345 e. The number of nitrogens with zero attached hydrogens (tertiary/aromatic N) is 4. The van der Waals surface area contributed by atoms with Gasteiger partial charge in [0.2, 0.25) is 0 Å². The van der Waals surface area contributed by atoms with E-state index in [9.17, 15) is 0 Å². The Morgan fingerprint density at radius 2 is 0.442 bits per heavy atom. The third-order valence-corrected chi connectivity index (χ3v) is 23.7. The quantitative estimate of drug-likeness (QED) is 0.0356. The van der Waals surface area contributed by atoms with E-state index in [4.69, 9.17) is 0 Å². The summed E-state index contributed by atoms with van der Waals surface area (Å²) in [5.74, 6) is 0. The summed E-state index contributed by atoms with van der Waals surface area (Å²) in [4.78, 5) is 9.51. The summed E-state index contributed by atoms with van der Waals surface area (Å²) in [7, 11) is 2.17. The van der Waals surface area contributed by atoms with Gasteiger partial charge in [-0.25, -0.2) is 0 Å². The van der Waals surface area contributed by atoms with Crippen molar-refractivity contribution < 1.29 is 0 Å². The van der Waals surface area contributed by atoms with Gasteiger partial charge in [0.25, 0.3) is 0 Å². The van der Waals surface area contributed by atoms with Crippen molar-refractivity contribution in [2.45, 2.75) is 235 Å². The van der Waals surface area contributed by atoms with E-state index in [-0.39, 0.29) is 5.41 Å². The number of rotatable bonds is 39. The van der Waals surface area contributed by atoms with Crippen molar-refractivity contribution in [3.05, 3.63) is 329 Å². The Bertz CT molecular complexity index is 4650. The van der Waals surface area contributed by atoms with Gasteiger partial charge >= 0.3 is 0 Å². The Labute approximate surface area is 682 Å². The van der Waals surface area contributed by atoms with Crippen LogP contribution in [0.3, 0.4) is 0 Å². The molecule has 12 aromatic rings. The molecule has 4 nitrogen and oxygen atoms in total. The van der Waals surface area contributed by atoms with Crippen LogP contribution in [0.1, 0.15) is 233 Å². The Hall–Kier alpha value is -10.2. The number of aryl methyl sites for hydroxylation is 7. The van der Waals surface area contributed by atoms with Crippen LogP contribution in [-0.4, -0.2) is 7.05 Å². The summed E-state index contributed by atoms with van der Waals surface area (Å²) < 4.78 is 0. The monoisotopic (exact) mass is 1490 g/mol. The predicted octanol–water partition coefficient (Wildman–Crippen LogP) is 32.9. The summed E-state index contributed by atoms with van der Waals surface area (Å²) >= 11 is 0. The third-order valence-electron chi connectivity index (χ3n) is 23.7. The van der Waals surface area contributed by atoms with Crippen LogP contribution in [0.5, 0.6) is 0 Å². The zero-order valence-corrected chi connectivity index (χ0v) is 70.2. The maximum atomic E-state index is 2.62. The van der Waals surface area contributed by atoms with Crippen LogP contribution in [-0.2, 0) is 31.1 Å². The van der Waals surface area contributed by atoms with E-state index in [0.29, 0.717) is 0 Å². The minimum absolute atomic E-state index is 0.0278. The van der Waals surface area contributed by atoms with Crippen molar-refractivity contribution in [3.63, 3.8) is 0 Å². The predicted molar refractivity (Wildman–Crippen MR) is 493 cm³/mol. The second-order valence-electron chi connectivity index (χ2n) is 32.4. The third kappa shape index (κ3) is 21.4. The van der Waals surface area contributed by atoms with Gasteiger partial charge in [-0.1, -0.05) is 307 Å². The fraction of sp³-hybridized carbons (Fsp3) is 0.339. The molecule has 13 rings (SSSR count). The molecule has 1 aliphatic rings. The first-order chi connectivity index (χ1) is 55.4. The maximum Gasteiger partial charge on any atom is 0.0465 e. The van der Waals surface area contributed by atoms with E-state index in [2.05, 4.69) is 368 Å². The lowest BCUT2D eigenvalue weighted by Gasteiger charge is -2.34. The topological polar surface area (TPSA) is 13.0 Å². The molecule has 0 N–H and O–H groups in total. The molecular weight excluding hydrogens is 1370 g/mol. The van der Waals surface area contributed by atoms with Gasteiger partial charge in [-0.2, -0.15) is 0 Å². The van der Waals surface area contributed by atoms with Crippen molar-refractivity contribution >= 4 is 62.6 Å². The molecule has 0 bridgehead atoms. The summed E-state index contributed by atoms with van der Waals surface area (Å²) in [5, 5.41) is 0. The smallest absolute Gasteiger partial charge is 0.0465 e. The molecule has 0 saturated heterocycles. The van der Waals surface area contributed by atoms with Gasteiger partial charge in [-0.15, -0.1) is 0 Å². The lowest BCUT2D eigenvalue weighted by molar-refractivity contribution is 0.398. The number of unbranched alkanes of at least 4 members (excludes halogenated alkanes) is 14. The van der Waals surface area contributed by atoms with Crippen molar-refractivity contribution in [2.75, 3.05) is 26.6 Å². The van der Waals surface area contributed by atoms with Crippen LogP contribution >= 0.6 is 0 Å². The van der Waals surface area contributed by atoms with Gasteiger partial charge in [0.05, 0.1) is 0 Å². The highest BCUT2D eigenvalue weighted by atomic mass is 15.2. The van der Waals surface area contributed by atoms with Gasteiger partial charge in [0, 0.05) is 75.0 Å². The number of hydrogen-bond donors (Lipinski definition) is 0. The van der Waals surface area contributed by atoms with Gasteiger partial charge < -0.3 is 19.6 Å². The van der Waals surface area contributed by atoms with Crippen molar-refractivity contribution in [1.29, 1.82) is 0 Å². The van der Waals surface area contributed by atoms with Crippen LogP contribution in [0.25, 0.3) is 33.4 Å². The molecular formula is C109H128N4. The maximum absolute atomic E-state index is 2.62. The van der Waals surface area contributed by atoms with Crippen molar-refractivity contribution in [2.24, 2.45) is 0 Å². The first kappa shape index (κ1) is 82.3. The van der Waals surface area contributed by atoms with E-state index >= 15 is 0 Å². The highest BCUT2D eigenvalue weighted by Gasteiger charge is 2.43. The molecule has 0 radical (unpaired) electrons. The van der Waals surface area contributed by atoms with Crippen molar-refractivity contribution in [1.82, 2.24) is 0 Å². The molecule has 0 atom stereocenters. The SMILES string of the molecule is CCCCCCCCC1(CCCCCCCC)c2cc(C)ccc2-c2ccc(N(c3ccc(CCCC)cc3)c3ccc(-c4ccc(N(C)c5ccc(CCCC)cc5)cc4)cc3)cc21.CCCCc1ccc(N(c2ccc(C)cc2)c2ccc(-c3ccc(N(c4ccc(C)cc4)c4ccc(CCCC)cc4)cc3)cc2)cc1. The van der Waals surface area contributed by atoms with Gasteiger partial charge in [-0.3, -0.25) is 0 Å². The zero-order chi connectivity index (χ0) is 78.7. The summed E-state index contributed by atoms with van der Waals surface area (Å²) in [6.45, 7) is 20.3. The van der Waals surface area contributed by atoms with Crippen LogP contribution < -0.4 is 19.6 Å². The van der Waals surface area contributed by atoms with E-state index in [1.807, 2.05) is 0 Å². The fourth-order valence-electron chi connectivity index (χ4n) is 16.8. The Balaban J connectivity index is 0.000000219. The summed E-state index contributed by atoms with van der Waals surface area (Å²) in [6, 6.07) is 105. The molecule has 1 aliphatic carbocycles. The number of fused-ring (bicyclic) bond motifs is 3. The van der Waals surface area contributed by atoms with Crippen LogP contribution in [0.2, 0.25) is 0 Å². The molecule has 0 amide bonds. The van der Waals surface area contributed by atoms with Crippen LogP contribution in [0, 0.1) is 20.8 Å². The Morgan fingerprint density at radius 1 is 0.212 bits per heavy atom. The van der Waals surface area contributed by atoms with Gasteiger partial charge in [0.1, 0.15) is 0 Å². The van der Waals surface area contributed by atoms with Crippen LogP contribution in [0.15, 0.2) is 279 Å². The van der Waals surface area contributed by atoms with E-state index in [1.165, 1.54) is 253 Å². The molecule has 0 saturated carbocycles. The van der Waals surface area contributed by atoms with Crippen LogP contribution in [0.4, 0.5) is 62.6 Å². The second-order valence-corrected chi connectivity index (χ2v) is 32.4. The highest BCUT2D eigenvalue weighted by molar-refractivity contribution is 5.87. The van der Waals surface area contributed by atoms with Gasteiger partial charge in [-0.05, 0) is 285 Å². The highest BCUT2D eigenvalue weighted by Crippen LogP contribution is 2.56. The molecule has 0 unspecified atom stereocenters. The number of benzene rings is 12. The molecule has 4 heteroatoms. The van der Waals surface area contributed by atoms with E-state index in [1.54, 1.807) is 11.1 Å². The first-order valence-corrected chi connectivity index (χ1v) is 43.7. The molecule has 0 aromatic heterocycles. The van der Waals surface area contributed by atoms with E-state index < -0.39 is 0 Å². The van der Waals surface area contributed by atoms with Crippen molar-refractivity contribution in [3.8, 4) is 33.4 Å². The molecule has 0 fully saturated rings. The fourth-order valence-corrected chi connectivity index (χ4v) is 16.8. The molecule has 584 valence electrons. The normalized spacial score (nSPS) is 11.9. The van der Waals surface area contributed by atoms with E-state index in [0.717, 1.165) is 48.4 Å². The molecule has 0 heterocycles. The van der Waals surface area contributed by atoms with Gasteiger partial charge in [0.15, 0.2) is 0 Å². The average molecular weight is 1490 g/mol. The molecule has 12 aromatic carbocycles. The lowest BCUT2D eigenvalue weighted by Crippen LogP contribution is -2.26. The number of hydrogen-bond acceptors (Lipinski definition) is 4. The standard InChI is InChI=1S/C63H80N2.C46H48N2/c1-7-11-15-17-19-21-45-63(46-22-20-18-16-12-8-2)61-47-49(5)25-43-59(61)60-44-42-58(48-62(60)63)65(56-36-28-51(29-37-56)24-14-10-4)57-40-32-53(33-41-57)52-30-38-55(39-31-52)64(6)54-34-26-50(27-35-54)23-13-9-3;1-5-7-9-37-15-27-43(28-16-37)47(41-23-11-35(3)12-24-41)45-31-19-39(20-32-45)40-21-33-46(34-22-40)48(42-25-13-36(4)14-26-42)44-29-17-38(18-30-44)10-8-6-2/h25-44,47-48H,7-24,45-46H2,1-6H3;11-34H,5-10H2,1-4H3. The lowest BCUT2D eigenvalue weighted by atomic mass is 9.70. The Kier molecular flexibility index (Phi) is 30.3. The summed E-state index contributed by atoms with van der Waals surface area (Å²) in [6.07, 6.45) is 32.7. The molecule has 113 heavy (non-hydrogen) atoms.